The molecule has 2 aromatic rings. The summed E-state index contributed by atoms with van der Waals surface area (Å²) in [6.07, 6.45) is 4.99. The summed E-state index contributed by atoms with van der Waals surface area (Å²) in [4.78, 5) is 26.5. The standard InChI is InChI=1S/C19H27N5O2/c1-13-15(12-22(3)21-13)11-20-19(26)18-9-8-16(23(18)4)17-7-5-6-10-24(17)14(2)25/h8-9,12,17H,5-7,10-11H2,1-4H3,(H,20,26)/t17-/m0/s1. The van der Waals surface area contributed by atoms with Crippen molar-refractivity contribution in [2.45, 2.75) is 45.7 Å². The fourth-order valence-electron chi connectivity index (χ4n) is 3.79. The Morgan fingerprint density at radius 1 is 1.27 bits per heavy atom. The Morgan fingerprint density at radius 3 is 2.69 bits per heavy atom. The summed E-state index contributed by atoms with van der Waals surface area (Å²) < 4.78 is 3.66. The lowest BCUT2D eigenvalue weighted by molar-refractivity contribution is -0.132. The summed E-state index contributed by atoms with van der Waals surface area (Å²) in [6.45, 7) is 4.78. The molecule has 3 heterocycles. The minimum Gasteiger partial charge on any atom is -0.347 e. The van der Waals surface area contributed by atoms with Crippen LogP contribution in [-0.2, 0) is 25.4 Å². The van der Waals surface area contributed by atoms with Gasteiger partial charge < -0.3 is 14.8 Å². The third-order valence-corrected chi connectivity index (χ3v) is 5.20. The maximum atomic E-state index is 12.6. The lowest BCUT2D eigenvalue weighted by Gasteiger charge is -2.35. The van der Waals surface area contributed by atoms with Gasteiger partial charge in [0.1, 0.15) is 5.69 Å². The average Bonchev–Trinajstić information content (AvgIpc) is 3.14. The molecule has 7 heteroatoms. The minimum atomic E-state index is -0.118. The van der Waals surface area contributed by atoms with E-state index in [1.165, 1.54) is 0 Å². The molecule has 1 saturated heterocycles. The summed E-state index contributed by atoms with van der Waals surface area (Å²) in [6, 6.07) is 3.86. The van der Waals surface area contributed by atoms with Gasteiger partial charge in [-0.25, -0.2) is 0 Å². The summed E-state index contributed by atoms with van der Waals surface area (Å²) in [5.74, 6) is -0.0267. The van der Waals surface area contributed by atoms with Crippen LogP contribution in [0.5, 0.6) is 0 Å². The van der Waals surface area contributed by atoms with Gasteiger partial charge in [0.2, 0.25) is 5.91 Å². The van der Waals surface area contributed by atoms with Crippen LogP contribution in [0.1, 0.15) is 59.7 Å². The molecular weight excluding hydrogens is 330 g/mol. The first-order chi connectivity index (χ1) is 12.4. The zero-order valence-electron chi connectivity index (χ0n) is 16.0. The highest BCUT2D eigenvalue weighted by molar-refractivity contribution is 5.92. The van der Waals surface area contributed by atoms with Crippen molar-refractivity contribution in [1.29, 1.82) is 0 Å². The van der Waals surface area contributed by atoms with Gasteiger partial charge in [-0.2, -0.15) is 5.10 Å². The largest absolute Gasteiger partial charge is 0.347 e. The number of amides is 2. The van der Waals surface area contributed by atoms with Crippen LogP contribution >= 0.6 is 0 Å². The quantitative estimate of drug-likeness (QED) is 0.910. The Hall–Kier alpha value is -2.57. The molecule has 2 aromatic heterocycles. The van der Waals surface area contributed by atoms with E-state index in [1.54, 1.807) is 11.6 Å². The van der Waals surface area contributed by atoms with Crippen molar-refractivity contribution >= 4 is 11.8 Å². The first-order valence-electron chi connectivity index (χ1n) is 9.08. The predicted molar refractivity (Wildman–Crippen MR) is 98.5 cm³/mol. The first-order valence-corrected chi connectivity index (χ1v) is 9.08. The molecule has 1 atom stereocenters. The number of rotatable bonds is 4. The molecule has 1 aliphatic rings. The molecular formula is C19H27N5O2. The van der Waals surface area contributed by atoms with E-state index in [1.807, 2.05) is 48.8 Å². The Bertz CT molecular complexity index is 820. The van der Waals surface area contributed by atoms with Gasteiger partial charge in [-0.3, -0.25) is 14.3 Å². The zero-order chi connectivity index (χ0) is 18.8. The monoisotopic (exact) mass is 357 g/mol. The second-order valence-electron chi connectivity index (χ2n) is 7.02. The van der Waals surface area contributed by atoms with Gasteiger partial charge in [0, 0.05) is 51.6 Å². The molecule has 0 spiro atoms. The first kappa shape index (κ1) is 18.2. The Balaban J connectivity index is 1.74. The molecule has 0 saturated carbocycles. The van der Waals surface area contributed by atoms with Gasteiger partial charge in [0.25, 0.3) is 5.91 Å². The SMILES string of the molecule is CC(=O)N1CCCC[C@H]1c1ccc(C(=O)NCc2cn(C)nc2C)n1C. The highest BCUT2D eigenvalue weighted by atomic mass is 16.2. The molecule has 7 nitrogen and oxygen atoms in total. The number of aromatic nitrogens is 3. The van der Waals surface area contributed by atoms with Gasteiger partial charge >= 0.3 is 0 Å². The Morgan fingerprint density at radius 2 is 2.04 bits per heavy atom. The molecule has 0 bridgehead atoms. The van der Waals surface area contributed by atoms with Gasteiger partial charge in [-0.1, -0.05) is 0 Å². The average molecular weight is 357 g/mol. The highest BCUT2D eigenvalue weighted by Gasteiger charge is 2.28. The van der Waals surface area contributed by atoms with Gasteiger partial charge in [-0.05, 0) is 38.3 Å². The smallest absolute Gasteiger partial charge is 0.268 e. The lowest BCUT2D eigenvalue weighted by atomic mass is 9.99. The number of nitrogens with zero attached hydrogens (tertiary/aromatic N) is 4. The number of hydrogen-bond acceptors (Lipinski definition) is 3. The van der Waals surface area contributed by atoms with Crippen molar-refractivity contribution in [3.8, 4) is 0 Å². The number of likely N-dealkylation sites (tertiary alicyclic amines) is 1. The third-order valence-electron chi connectivity index (χ3n) is 5.20. The van der Waals surface area contributed by atoms with Crippen LogP contribution in [0.25, 0.3) is 0 Å². The van der Waals surface area contributed by atoms with Crippen molar-refractivity contribution in [2.75, 3.05) is 6.54 Å². The van der Waals surface area contributed by atoms with E-state index < -0.39 is 0 Å². The van der Waals surface area contributed by atoms with Crippen LogP contribution < -0.4 is 5.32 Å². The fraction of sp³-hybridized carbons (Fsp3) is 0.526. The van der Waals surface area contributed by atoms with Crippen LogP contribution in [-0.4, -0.2) is 37.6 Å². The van der Waals surface area contributed by atoms with Crippen LogP contribution in [0.15, 0.2) is 18.3 Å². The number of aryl methyl sites for hydroxylation is 2. The van der Waals surface area contributed by atoms with Crippen molar-refractivity contribution < 1.29 is 9.59 Å². The lowest BCUT2D eigenvalue weighted by Crippen LogP contribution is -2.38. The molecule has 0 radical (unpaired) electrons. The van der Waals surface area contributed by atoms with E-state index in [9.17, 15) is 9.59 Å². The molecule has 3 rings (SSSR count). The third kappa shape index (κ3) is 3.52. The second-order valence-corrected chi connectivity index (χ2v) is 7.02. The summed E-state index contributed by atoms with van der Waals surface area (Å²) >= 11 is 0. The van der Waals surface area contributed by atoms with Gasteiger partial charge in [0.15, 0.2) is 0 Å². The predicted octanol–water partition coefficient (Wildman–Crippen LogP) is 2.07. The number of piperidine rings is 1. The normalized spacial score (nSPS) is 17.4. The van der Waals surface area contributed by atoms with E-state index in [2.05, 4.69) is 10.4 Å². The molecule has 26 heavy (non-hydrogen) atoms. The van der Waals surface area contributed by atoms with E-state index in [4.69, 9.17) is 0 Å². The second kappa shape index (κ2) is 7.35. The van der Waals surface area contributed by atoms with Crippen molar-refractivity contribution in [2.24, 2.45) is 14.1 Å². The maximum Gasteiger partial charge on any atom is 0.268 e. The minimum absolute atomic E-state index is 0.0494. The van der Waals surface area contributed by atoms with E-state index in [-0.39, 0.29) is 17.9 Å². The zero-order valence-corrected chi connectivity index (χ0v) is 16.0. The van der Waals surface area contributed by atoms with Crippen LogP contribution in [0, 0.1) is 6.92 Å². The number of nitrogens with one attached hydrogen (secondary N) is 1. The van der Waals surface area contributed by atoms with Crippen molar-refractivity contribution in [1.82, 2.24) is 24.6 Å². The molecule has 1 aliphatic heterocycles. The van der Waals surface area contributed by atoms with Crippen LogP contribution in [0.2, 0.25) is 0 Å². The molecule has 0 aliphatic carbocycles. The number of carbonyl (C=O) groups is 2. The summed E-state index contributed by atoms with van der Waals surface area (Å²) in [5, 5.41) is 7.26. The van der Waals surface area contributed by atoms with E-state index in [0.29, 0.717) is 12.2 Å². The molecule has 0 unspecified atom stereocenters. The Kier molecular flexibility index (Phi) is 5.15. The van der Waals surface area contributed by atoms with Gasteiger partial charge in [-0.15, -0.1) is 0 Å². The summed E-state index contributed by atoms with van der Waals surface area (Å²) in [7, 11) is 3.76. The van der Waals surface area contributed by atoms with Gasteiger partial charge in [0.05, 0.1) is 11.7 Å². The molecule has 1 fully saturated rings. The van der Waals surface area contributed by atoms with Crippen LogP contribution in [0.4, 0.5) is 0 Å². The van der Waals surface area contributed by atoms with E-state index in [0.717, 1.165) is 42.8 Å². The molecule has 140 valence electrons. The fourth-order valence-corrected chi connectivity index (χ4v) is 3.79. The van der Waals surface area contributed by atoms with E-state index >= 15 is 0 Å². The van der Waals surface area contributed by atoms with Crippen LogP contribution in [0.3, 0.4) is 0 Å². The van der Waals surface area contributed by atoms with Crippen molar-refractivity contribution in [3.05, 3.63) is 41.0 Å². The topological polar surface area (TPSA) is 72.2 Å². The summed E-state index contributed by atoms with van der Waals surface area (Å²) in [5.41, 5.74) is 3.54. The van der Waals surface area contributed by atoms with Crippen molar-refractivity contribution in [3.63, 3.8) is 0 Å². The highest BCUT2D eigenvalue weighted by Crippen LogP contribution is 2.31. The molecule has 2 amide bonds. The maximum absolute atomic E-state index is 12.6. The molecule has 0 aromatic carbocycles. The Labute approximate surface area is 154 Å². The number of carbonyl (C=O) groups excluding carboxylic acids is 2. The number of hydrogen-bond donors (Lipinski definition) is 1. The molecule has 1 N–H and O–H groups in total.